The van der Waals surface area contributed by atoms with Crippen LogP contribution in [0.5, 0.6) is 0 Å². The molecule has 2 heterocycles. The molecule has 0 aromatic rings. The third kappa shape index (κ3) is 1.42. The predicted octanol–water partition coefficient (Wildman–Crippen LogP) is 1.03. The number of Topliss-reactive ketones (excluding diaryl/α,β-unsaturated/α-hetero) is 1. The number of fused-ring (bicyclic) bond motifs is 1. The first-order chi connectivity index (χ1) is 5.25. The lowest BCUT2D eigenvalue weighted by atomic mass is 10.0. The number of nitrogens with zero attached hydrogens (tertiary/aromatic N) is 1. The lowest BCUT2D eigenvalue weighted by Crippen LogP contribution is -2.38. The smallest absolute Gasteiger partial charge is 0.135 e. The molecule has 0 aliphatic carbocycles. The van der Waals surface area contributed by atoms with Crippen molar-refractivity contribution < 1.29 is 4.79 Å². The van der Waals surface area contributed by atoms with Crippen molar-refractivity contribution >= 4 is 17.4 Å². The van der Waals surface area contributed by atoms with Crippen LogP contribution in [0.4, 0.5) is 0 Å². The van der Waals surface area contributed by atoms with Gasteiger partial charge in [-0.25, -0.2) is 0 Å². The van der Waals surface area contributed by atoms with Gasteiger partial charge in [0.1, 0.15) is 5.78 Å². The highest BCUT2D eigenvalue weighted by atomic mass is 35.5. The molecule has 0 saturated carbocycles. The Morgan fingerprint density at radius 1 is 1.55 bits per heavy atom. The van der Waals surface area contributed by atoms with E-state index >= 15 is 0 Å². The van der Waals surface area contributed by atoms with Gasteiger partial charge in [0.05, 0.1) is 0 Å². The third-order valence-electron chi connectivity index (χ3n) is 2.62. The van der Waals surface area contributed by atoms with E-state index in [1.165, 1.54) is 0 Å². The van der Waals surface area contributed by atoms with E-state index in [4.69, 9.17) is 11.6 Å². The number of alkyl halides is 1. The molecule has 2 aliphatic rings. The van der Waals surface area contributed by atoms with E-state index in [0.717, 1.165) is 32.4 Å². The minimum atomic E-state index is 0.283. The molecule has 0 N–H and O–H groups in total. The van der Waals surface area contributed by atoms with Gasteiger partial charge in [0, 0.05) is 37.4 Å². The molecule has 0 amide bonds. The Kier molecular flexibility index (Phi) is 1.90. The molecule has 0 bridgehead atoms. The fourth-order valence-corrected chi connectivity index (χ4v) is 2.42. The highest BCUT2D eigenvalue weighted by molar-refractivity contribution is 6.21. The van der Waals surface area contributed by atoms with Gasteiger partial charge in [-0.1, -0.05) is 0 Å². The Morgan fingerprint density at radius 3 is 3.18 bits per heavy atom. The van der Waals surface area contributed by atoms with Crippen LogP contribution in [0.2, 0.25) is 0 Å². The summed E-state index contributed by atoms with van der Waals surface area (Å²) in [6.45, 7) is 1.92. The van der Waals surface area contributed by atoms with E-state index in [9.17, 15) is 4.79 Å². The van der Waals surface area contributed by atoms with Crippen LogP contribution >= 0.6 is 11.6 Å². The third-order valence-corrected chi connectivity index (χ3v) is 2.93. The molecule has 0 spiro atoms. The van der Waals surface area contributed by atoms with Gasteiger partial charge in [0.15, 0.2) is 0 Å². The van der Waals surface area contributed by atoms with Crippen molar-refractivity contribution in [1.29, 1.82) is 0 Å². The maximum absolute atomic E-state index is 11.0. The van der Waals surface area contributed by atoms with Gasteiger partial charge < -0.3 is 0 Å². The zero-order valence-electron chi connectivity index (χ0n) is 6.42. The molecule has 2 atom stereocenters. The standard InChI is InChI=1S/C8H12ClNO/c9-6-3-7-4-8(11)1-2-10(7)5-6/h6-7H,1-5H2/t6-,7-/m1/s1. The van der Waals surface area contributed by atoms with E-state index in [0.29, 0.717) is 11.8 Å². The summed E-state index contributed by atoms with van der Waals surface area (Å²) >= 11 is 5.98. The van der Waals surface area contributed by atoms with Gasteiger partial charge in [-0.15, -0.1) is 11.6 Å². The first-order valence-corrected chi connectivity index (χ1v) is 4.59. The normalized spacial score (nSPS) is 39.2. The Bertz CT molecular complexity index is 183. The summed E-state index contributed by atoms with van der Waals surface area (Å²) in [6, 6.07) is 0.471. The molecule has 2 rings (SSSR count). The zero-order chi connectivity index (χ0) is 7.84. The number of hydrogen-bond donors (Lipinski definition) is 0. The summed E-state index contributed by atoms with van der Waals surface area (Å²) in [5.41, 5.74) is 0. The monoisotopic (exact) mass is 173 g/mol. The van der Waals surface area contributed by atoms with Gasteiger partial charge in [-0.2, -0.15) is 0 Å². The SMILES string of the molecule is O=C1CCN2C[C@H](Cl)C[C@@H]2C1. The highest BCUT2D eigenvalue weighted by Crippen LogP contribution is 2.27. The molecule has 0 aromatic heterocycles. The maximum atomic E-state index is 11.0. The maximum Gasteiger partial charge on any atom is 0.135 e. The van der Waals surface area contributed by atoms with Crippen LogP contribution in [0, 0.1) is 0 Å². The van der Waals surface area contributed by atoms with E-state index < -0.39 is 0 Å². The molecular formula is C8H12ClNO. The van der Waals surface area contributed by atoms with Gasteiger partial charge in [-0.05, 0) is 6.42 Å². The average Bonchev–Trinajstić information content (AvgIpc) is 2.27. The first-order valence-electron chi connectivity index (χ1n) is 4.15. The Labute approximate surface area is 71.5 Å². The summed E-state index contributed by atoms with van der Waals surface area (Å²) in [5.74, 6) is 0.414. The number of rotatable bonds is 0. The van der Waals surface area contributed by atoms with Crippen molar-refractivity contribution in [3.05, 3.63) is 0 Å². The van der Waals surface area contributed by atoms with Crippen molar-refractivity contribution in [3.8, 4) is 0 Å². The molecule has 0 unspecified atom stereocenters. The zero-order valence-corrected chi connectivity index (χ0v) is 7.18. The predicted molar refractivity (Wildman–Crippen MR) is 43.9 cm³/mol. The second-order valence-electron chi connectivity index (χ2n) is 3.47. The molecule has 2 nitrogen and oxygen atoms in total. The summed E-state index contributed by atoms with van der Waals surface area (Å²) in [6.07, 6.45) is 2.48. The Morgan fingerprint density at radius 2 is 2.36 bits per heavy atom. The van der Waals surface area contributed by atoms with Crippen LogP contribution < -0.4 is 0 Å². The molecule has 0 radical (unpaired) electrons. The van der Waals surface area contributed by atoms with E-state index in [-0.39, 0.29) is 5.38 Å². The van der Waals surface area contributed by atoms with E-state index in [2.05, 4.69) is 4.90 Å². The molecule has 2 saturated heterocycles. The molecule has 2 aliphatic heterocycles. The molecule has 62 valence electrons. The first kappa shape index (κ1) is 7.56. The number of carbonyl (C=O) groups is 1. The lowest BCUT2D eigenvalue weighted by Gasteiger charge is -2.27. The summed E-state index contributed by atoms with van der Waals surface area (Å²) in [4.78, 5) is 13.4. The van der Waals surface area contributed by atoms with Crippen molar-refractivity contribution in [2.45, 2.75) is 30.7 Å². The van der Waals surface area contributed by atoms with Crippen LogP contribution in [-0.2, 0) is 4.79 Å². The molecule has 3 heteroatoms. The lowest BCUT2D eigenvalue weighted by molar-refractivity contribution is -0.122. The topological polar surface area (TPSA) is 20.3 Å². The minimum absolute atomic E-state index is 0.283. The van der Waals surface area contributed by atoms with Crippen LogP contribution in [-0.4, -0.2) is 35.2 Å². The second-order valence-corrected chi connectivity index (χ2v) is 4.09. The molecular weight excluding hydrogens is 162 g/mol. The number of hydrogen-bond acceptors (Lipinski definition) is 2. The van der Waals surface area contributed by atoms with Gasteiger partial charge >= 0.3 is 0 Å². The van der Waals surface area contributed by atoms with Crippen molar-refractivity contribution in [1.82, 2.24) is 4.90 Å². The van der Waals surface area contributed by atoms with Crippen LogP contribution in [0.1, 0.15) is 19.3 Å². The minimum Gasteiger partial charge on any atom is -0.300 e. The van der Waals surface area contributed by atoms with Crippen LogP contribution in [0.25, 0.3) is 0 Å². The van der Waals surface area contributed by atoms with E-state index in [1.807, 2.05) is 0 Å². The van der Waals surface area contributed by atoms with Crippen molar-refractivity contribution in [2.24, 2.45) is 0 Å². The largest absolute Gasteiger partial charge is 0.300 e. The number of piperidine rings is 1. The molecule has 0 aromatic carbocycles. The average molecular weight is 174 g/mol. The Hall–Kier alpha value is -0.0800. The fraction of sp³-hybridized carbons (Fsp3) is 0.875. The summed E-state index contributed by atoms with van der Waals surface area (Å²) in [5, 5.41) is 0.283. The van der Waals surface area contributed by atoms with Crippen LogP contribution in [0.15, 0.2) is 0 Å². The van der Waals surface area contributed by atoms with Gasteiger partial charge in [-0.3, -0.25) is 9.69 Å². The summed E-state index contributed by atoms with van der Waals surface area (Å²) in [7, 11) is 0. The van der Waals surface area contributed by atoms with Gasteiger partial charge in [0.2, 0.25) is 0 Å². The van der Waals surface area contributed by atoms with Crippen molar-refractivity contribution in [2.75, 3.05) is 13.1 Å². The second kappa shape index (κ2) is 2.76. The van der Waals surface area contributed by atoms with Crippen LogP contribution in [0.3, 0.4) is 0 Å². The number of halogens is 1. The number of carbonyl (C=O) groups excluding carboxylic acids is 1. The molecule has 11 heavy (non-hydrogen) atoms. The Balaban J connectivity index is 2.02. The quantitative estimate of drug-likeness (QED) is 0.510. The van der Waals surface area contributed by atoms with Crippen molar-refractivity contribution in [3.63, 3.8) is 0 Å². The summed E-state index contributed by atoms with van der Waals surface area (Å²) < 4.78 is 0. The van der Waals surface area contributed by atoms with E-state index in [1.54, 1.807) is 0 Å². The number of ketones is 1. The highest BCUT2D eigenvalue weighted by Gasteiger charge is 2.34. The fourth-order valence-electron chi connectivity index (χ4n) is 2.04. The van der Waals surface area contributed by atoms with Gasteiger partial charge in [0.25, 0.3) is 0 Å². The molecule has 2 fully saturated rings.